The van der Waals surface area contributed by atoms with Gasteiger partial charge in [0.25, 0.3) is 0 Å². The van der Waals surface area contributed by atoms with Gasteiger partial charge in [0.2, 0.25) is 0 Å². The molecule has 0 radical (unpaired) electrons. The minimum atomic E-state index is -0.430. The Morgan fingerprint density at radius 1 is 1.19 bits per heavy atom. The summed E-state index contributed by atoms with van der Waals surface area (Å²) in [5, 5.41) is 13.1. The van der Waals surface area contributed by atoms with Crippen LogP contribution in [0.15, 0.2) is 55.1 Å². The normalized spacial score (nSPS) is 10.3. The van der Waals surface area contributed by atoms with E-state index in [4.69, 9.17) is 4.74 Å². The standard InChI is InChI=1S/C19H18N4O3/c1-3-10-26-15-8-9-16-17(11-15)22-23-18(16)21-19(25)20-14-6-4-13(5-7-14)12(2)24/h3-9,11H,1,10H2,2H3,(H3,20,21,22,23,25). The summed E-state index contributed by atoms with van der Waals surface area (Å²) in [4.78, 5) is 23.4. The summed E-state index contributed by atoms with van der Waals surface area (Å²) in [5.74, 6) is 1.07. The molecule has 3 rings (SSSR count). The summed E-state index contributed by atoms with van der Waals surface area (Å²) in [7, 11) is 0. The Kier molecular flexibility index (Phi) is 4.98. The van der Waals surface area contributed by atoms with Gasteiger partial charge in [-0.3, -0.25) is 15.2 Å². The first kappa shape index (κ1) is 17.2. The highest BCUT2D eigenvalue weighted by atomic mass is 16.5. The van der Waals surface area contributed by atoms with Crippen molar-refractivity contribution in [3.8, 4) is 5.75 Å². The first-order valence-corrected chi connectivity index (χ1v) is 7.97. The SMILES string of the molecule is C=CCOc1ccc2c(NC(=O)Nc3ccc(C(C)=O)cc3)n[nH]c2c1. The molecule has 0 atom stereocenters. The second kappa shape index (κ2) is 7.52. The number of H-pyrrole nitrogens is 1. The number of carbonyl (C=O) groups is 2. The molecule has 1 heterocycles. The molecule has 0 spiro atoms. The van der Waals surface area contributed by atoms with Gasteiger partial charge in [-0.25, -0.2) is 4.79 Å². The molecule has 0 bridgehead atoms. The van der Waals surface area contributed by atoms with E-state index in [1.54, 1.807) is 42.5 Å². The number of fused-ring (bicyclic) bond motifs is 1. The lowest BCUT2D eigenvalue weighted by Gasteiger charge is -2.07. The predicted molar refractivity (Wildman–Crippen MR) is 101 cm³/mol. The molecule has 2 amide bonds. The number of Topliss-reactive ketones (excluding diaryl/α,β-unsaturated/α-hetero) is 1. The molecule has 0 saturated carbocycles. The number of amides is 2. The number of nitrogens with one attached hydrogen (secondary N) is 3. The van der Waals surface area contributed by atoms with Crippen molar-refractivity contribution in [2.75, 3.05) is 17.2 Å². The number of ether oxygens (including phenoxy) is 1. The number of aromatic amines is 1. The molecule has 26 heavy (non-hydrogen) atoms. The van der Waals surface area contributed by atoms with Crippen LogP contribution in [0.1, 0.15) is 17.3 Å². The number of carbonyl (C=O) groups excluding carboxylic acids is 2. The fraction of sp³-hybridized carbons (Fsp3) is 0.105. The van der Waals surface area contributed by atoms with Crippen LogP contribution in [0, 0.1) is 0 Å². The van der Waals surface area contributed by atoms with Crippen LogP contribution in [0.2, 0.25) is 0 Å². The Hall–Kier alpha value is -3.61. The molecular formula is C19H18N4O3. The third-order valence-electron chi connectivity index (χ3n) is 3.68. The molecule has 0 aliphatic rings. The summed E-state index contributed by atoms with van der Waals surface area (Å²) in [5.41, 5.74) is 1.91. The van der Waals surface area contributed by atoms with Gasteiger partial charge >= 0.3 is 6.03 Å². The van der Waals surface area contributed by atoms with Crippen molar-refractivity contribution < 1.29 is 14.3 Å². The van der Waals surface area contributed by atoms with Crippen molar-refractivity contribution in [3.05, 3.63) is 60.7 Å². The van der Waals surface area contributed by atoms with Gasteiger partial charge in [-0.2, -0.15) is 5.10 Å². The Balaban J connectivity index is 1.68. The summed E-state index contributed by atoms with van der Waals surface area (Å²) in [6.07, 6.45) is 1.66. The van der Waals surface area contributed by atoms with Crippen LogP contribution in [-0.4, -0.2) is 28.6 Å². The molecule has 3 N–H and O–H groups in total. The maximum absolute atomic E-state index is 12.2. The first-order valence-electron chi connectivity index (χ1n) is 7.97. The minimum absolute atomic E-state index is 0.0274. The van der Waals surface area contributed by atoms with Crippen molar-refractivity contribution in [2.45, 2.75) is 6.92 Å². The Bertz CT molecular complexity index is 961. The number of hydrogen-bond donors (Lipinski definition) is 3. The molecular weight excluding hydrogens is 332 g/mol. The lowest BCUT2D eigenvalue weighted by molar-refractivity contribution is 0.101. The van der Waals surface area contributed by atoms with Gasteiger partial charge in [0, 0.05) is 22.7 Å². The monoisotopic (exact) mass is 350 g/mol. The lowest BCUT2D eigenvalue weighted by Crippen LogP contribution is -2.19. The number of benzene rings is 2. The number of ketones is 1. The van der Waals surface area contributed by atoms with Crippen LogP contribution in [-0.2, 0) is 0 Å². The summed E-state index contributed by atoms with van der Waals surface area (Å²) >= 11 is 0. The van der Waals surface area contributed by atoms with E-state index >= 15 is 0 Å². The molecule has 132 valence electrons. The molecule has 0 saturated heterocycles. The largest absolute Gasteiger partial charge is 0.489 e. The van der Waals surface area contributed by atoms with E-state index in [9.17, 15) is 9.59 Å². The molecule has 7 nitrogen and oxygen atoms in total. The molecule has 7 heteroatoms. The molecule has 0 fully saturated rings. The van der Waals surface area contributed by atoms with E-state index in [0.29, 0.717) is 29.4 Å². The number of rotatable bonds is 6. The fourth-order valence-electron chi connectivity index (χ4n) is 2.40. The highest BCUT2D eigenvalue weighted by Gasteiger charge is 2.10. The number of nitrogens with zero attached hydrogens (tertiary/aromatic N) is 1. The number of urea groups is 1. The maximum atomic E-state index is 12.2. The van der Waals surface area contributed by atoms with Gasteiger partial charge in [0.1, 0.15) is 12.4 Å². The van der Waals surface area contributed by atoms with Gasteiger partial charge < -0.3 is 10.1 Å². The van der Waals surface area contributed by atoms with Gasteiger partial charge in [0.15, 0.2) is 11.6 Å². The average molecular weight is 350 g/mol. The van der Waals surface area contributed by atoms with E-state index in [1.165, 1.54) is 6.92 Å². The van der Waals surface area contributed by atoms with Crippen LogP contribution in [0.5, 0.6) is 5.75 Å². The maximum Gasteiger partial charge on any atom is 0.324 e. The number of hydrogen-bond acceptors (Lipinski definition) is 4. The number of anilines is 2. The fourth-order valence-corrected chi connectivity index (χ4v) is 2.40. The predicted octanol–water partition coefficient (Wildman–Crippen LogP) is 3.97. The Morgan fingerprint density at radius 3 is 2.65 bits per heavy atom. The Labute approximate surface area is 150 Å². The van der Waals surface area contributed by atoms with Crippen molar-refractivity contribution in [1.29, 1.82) is 0 Å². The summed E-state index contributed by atoms with van der Waals surface area (Å²) in [6, 6.07) is 11.6. The van der Waals surface area contributed by atoms with Gasteiger partial charge in [0.05, 0.1) is 5.52 Å². The van der Waals surface area contributed by atoms with Crippen LogP contribution < -0.4 is 15.4 Å². The zero-order chi connectivity index (χ0) is 18.5. The zero-order valence-corrected chi connectivity index (χ0v) is 14.2. The molecule has 2 aromatic carbocycles. The van der Waals surface area contributed by atoms with E-state index in [2.05, 4.69) is 27.4 Å². The van der Waals surface area contributed by atoms with E-state index in [0.717, 1.165) is 10.9 Å². The van der Waals surface area contributed by atoms with Crippen molar-refractivity contribution in [1.82, 2.24) is 10.2 Å². The summed E-state index contributed by atoms with van der Waals surface area (Å²) in [6.45, 7) is 5.51. The minimum Gasteiger partial charge on any atom is -0.489 e. The smallest absolute Gasteiger partial charge is 0.324 e. The molecule has 0 aliphatic carbocycles. The highest BCUT2D eigenvalue weighted by molar-refractivity contribution is 6.05. The zero-order valence-electron chi connectivity index (χ0n) is 14.2. The molecule has 0 unspecified atom stereocenters. The van der Waals surface area contributed by atoms with E-state index in [-0.39, 0.29) is 5.78 Å². The van der Waals surface area contributed by atoms with Gasteiger partial charge in [-0.05, 0) is 43.3 Å². The second-order valence-corrected chi connectivity index (χ2v) is 5.59. The topological polar surface area (TPSA) is 96.1 Å². The second-order valence-electron chi connectivity index (χ2n) is 5.59. The van der Waals surface area contributed by atoms with E-state index < -0.39 is 6.03 Å². The van der Waals surface area contributed by atoms with Gasteiger partial charge in [-0.15, -0.1) is 0 Å². The quantitative estimate of drug-likeness (QED) is 0.463. The van der Waals surface area contributed by atoms with Crippen LogP contribution >= 0.6 is 0 Å². The summed E-state index contributed by atoms with van der Waals surface area (Å²) < 4.78 is 5.47. The van der Waals surface area contributed by atoms with Crippen LogP contribution in [0.25, 0.3) is 10.9 Å². The number of aromatic nitrogens is 2. The van der Waals surface area contributed by atoms with Gasteiger partial charge in [-0.1, -0.05) is 12.7 Å². The Morgan fingerprint density at radius 2 is 1.96 bits per heavy atom. The van der Waals surface area contributed by atoms with Crippen molar-refractivity contribution in [2.24, 2.45) is 0 Å². The molecule has 0 aliphatic heterocycles. The average Bonchev–Trinajstić information content (AvgIpc) is 3.02. The van der Waals surface area contributed by atoms with Crippen LogP contribution in [0.3, 0.4) is 0 Å². The lowest BCUT2D eigenvalue weighted by atomic mass is 10.1. The third-order valence-corrected chi connectivity index (χ3v) is 3.68. The highest BCUT2D eigenvalue weighted by Crippen LogP contribution is 2.25. The first-order chi connectivity index (χ1) is 12.6. The molecule has 3 aromatic rings. The van der Waals surface area contributed by atoms with E-state index in [1.807, 2.05) is 6.07 Å². The van der Waals surface area contributed by atoms with Crippen molar-refractivity contribution in [3.63, 3.8) is 0 Å². The van der Waals surface area contributed by atoms with Crippen molar-refractivity contribution >= 4 is 34.2 Å². The third kappa shape index (κ3) is 3.89. The van der Waals surface area contributed by atoms with Crippen LogP contribution in [0.4, 0.5) is 16.3 Å². The molecule has 1 aromatic heterocycles.